The van der Waals surface area contributed by atoms with Crippen molar-refractivity contribution in [2.75, 3.05) is 51.3 Å². The summed E-state index contributed by atoms with van der Waals surface area (Å²) in [5, 5.41) is 6.06. The van der Waals surface area contributed by atoms with Crippen molar-refractivity contribution in [3.05, 3.63) is 29.6 Å². The van der Waals surface area contributed by atoms with Crippen LogP contribution < -0.4 is 10.6 Å². The third-order valence-electron chi connectivity index (χ3n) is 4.21. The summed E-state index contributed by atoms with van der Waals surface area (Å²) < 4.78 is 24.8. The van der Waals surface area contributed by atoms with Gasteiger partial charge in [-0.2, -0.15) is 0 Å². The van der Waals surface area contributed by atoms with Crippen molar-refractivity contribution < 1.29 is 18.7 Å². The summed E-state index contributed by atoms with van der Waals surface area (Å²) in [5.74, 6) is -0.370. The van der Waals surface area contributed by atoms with Crippen LogP contribution in [0.4, 0.5) is 14.9 Å². The maximum Gasteiger partial charge on any atom is 0.322 e. The lowest BCUT2D eigenvalue weighted by molar-refractivity contribution is -0.123. The van der Waals surface area contributed by atoms with Gasteiger partial charge in [0.15, 0.2) is 0 Å². The number of hydrogen-bond donors (Lipinski definition) is 2. The third-order valence-corrected chi connectivity index (χ3v) is 4.21. The number of carbonyl (C=O) groups excluding carboxylic acids is 1. The molecule has 2 fully saturated rings. The van der Waals surface area contributed by atoms with Crippen molar-refractivity contribution in [3.8, 4) is 0 Å². The van der Waals surface area contributed by atoms with Crippen LogP contribution in [0, 0.1) is 12.7 Å². The summed E-state index contributed by atoms with van der Waals surface area (Å²) in [4.78, 5) is 14.2. The van der Waals surface area contributed by atoms with E-state index in [0.717, 1.165) is 12.1 Å². The second-order valence-electron chi connectivity index (χ2n) is 6.07. The molecule has 2 saturated heterocycles. The molecule has 2 N–H and O–H groups in total. The maximum atomic E-state index is 13.4. The van der Waals surface area contributed by atoms with Gasteiger partial charge in [-0.25, -0.2) is 9.18 Å². The van der Waals surface area contributed by atoms with Crippen LogP contribution in [0.2, 0.25) is 0 Å². The number of amides is 2. The summed E-state index contributed by atoms with van der Waals surface area (Å²) in [6, 6.07) is 4.11. The quantitative estimate of drug-likeness (QED) is 0.819. The summed E-state index contributed by atoms with van der Waals surface area (Å²) in [5.41, 5.74) is 0.802. The zero-order valence-corrected chi connectivity index (χ0v) is 13.2. The molecule has 2 aliphatic heterocycles. The van der Waals surface area contributed by atoms with Crippen LogP contribution in [0.3, 0.4) is 0 Å². The third kappa shape index (κ3) is 3.80. The molecule has 1 spiro atoms. The van der Waals surface area contributed by atoms with Gasteiger partial charge in [0, 0.05) is 25.3 Å². The van der Waals surface area contributed by atoms with Gasteiger partial charge in [0.1, 0.15) is 11.4 Å². The highest BCUT2D eigenvalue weighted by Gasteiger charge is 2.39. The number of anilines is 1. The predicted molar refractivity (Wildman–Crippen MR) is 84.1 cm³/mol. The van der Waals surface area contributed by atoms with Crippen molar-refractivity contribution in [2.45, 2.75) is 12.5 Å². The molecule has 0 aromatic heterocycles. The summed E-state index contributed by atoms with van der Waals surface area (Å²) >= 11 is 0. The molecule has 1 aromatic carbocycles. The van der Waals surface area contributed by atoms with E-state index in [-0.39, 0.29) is 11.8 Å². The summed E-state index contributed by atoms with van der Waals surface area (Å²) in [7, 11) is 0. The lowest BCUT2D eigenvalue weighted by Gasteiger charge is -2.41. The molecule has 3 rings (SSSR count). The first kappa shape index (κ1) is 16.2. The Hall–Kier alpha value is -1.70. The molecule has 23 heavy (non-hydrogen) atoms. The number of rotatable bonds is 1. The van der Waals surface area contributed by atoms with E-state index < -0.39 is 5.60 Å². The summed E-state index contributed by atoms with van der Waals surface area (Å²) in [6.07, 6.45) is 0. The molecule has 126 valence electrons. The fourth-order valence-electron chi connectivity index (χ4n) is 2.91. The largest absolute Gasteiger partial charge is 0.377 e. The minimum absolute atomic E-state index is 0.245. The van der Waals surface area contributed by atoms with Crippen LogP contribution in [0.15, 0.2) is 18.2 Å². The van der Waals surface area contributed by atoms with Crippen molar-refractivity contribution in [1.82, 2.24) is 10.2 Å². The highest BCUT2D eigenvalue weighted by molar-refractivity contribution is 5.90. The molecule has 0 unspecified atom stereocenters. The first-order valence-corrected chi connectivity index (χ1v) is 7.83. The summed E-state index contributed by atoms with van der Waals surface area (Å²) in [6.45, 7) is 5.76. The smallest absolute Gasteiger partial charge is 0.322 e. The number of halogens is 1. The Morgan fingerprint density at radius 1 is 1.43 bits per heavy atom. The standard InChI is InChI=1S/C16H22FN3O3/c1-12-2-3-13(17)8-14(12)19-15(21)20-5-7-23-16(10-20)9-18-4-6-22-11-16/h2-3,8,18H,4-7,9-11H2,1H3,(H,19,21)/t16-/m0/s1. The molecule has 1 aromatic rings. The van der Waals surface area contributed by atoms with Gasteiger partial charge in [-0.15, -0.1) is 0 Å². The molecule has 2 heterocycles. The lowest BCUT2D eigenvalue weighted by Crippen LogP contribution is -2.60. The van der Waals surface area contributed by atoms with E-state index >= 15 is 0 Å². The fourth-order valence-corrected chi connectivity index (χ4v) is 2.91. The van der Waals surface area contributed by atoms with Gasteiger partial charge < -0.3 is 25.0 Å². The monoisotopic (exact) mass is 323 g/mol. The minimum Gasteiger partial charge on any atom is -0.377 e. The van der Waals surface area contributed by atoms with Crippen molar-refractivity contribution in [2.24, 2.45) is 0 Å². The Morgan fingerprint density at radius 3 is 3.17 bits per heavy atom. The van der Waals surface area contributed by atoms with Gasteiger partial charge >= 0.3 is 6.03 Å². The Balaban J connectivity index is 1.68. The van der Waals surface area contributed by atoms with Crippen LogP contribution in [-0.2, 0) is 9.47 Å². The van der Waals surface area contributed by atoms with Crippen molar-refractivity contribution in [1.29, 1.82) is 0 Å². The van der Waals surface area contributed by atoms with E-state index in [1.54, 1.807) is 11.0 Å². The van der Waals surface area contributed by atoms with Crippen molar-refractivity contribution in [3.63, 3.8) is 0 Å². The minimum atomic E-state index is -0.511. The normalized spacial score (nSPS) is 25.2. The zero-order chi connectivity index (χ0) is 16.3. The number of carbonyl (C=O) groups is 1. The number of benzene rings is 1. The van der Waals surface area contributed by atoms with Crippen LogP contribution in [0.25, 0.3) is 0 Å². The number of ether oxygens (including phenoxy) is 2. The van der Waals surface area contributed by atoms with Crippen LogP contribution in [-0.4, -0.2) is 62.5 Å². The van der Waals surface area contributed by atoms with E-state index in [9.17, 15) is 9.18 Å². The average Bonchev–Trinajstić information content (AvgIpc) is 2.76. The molecule has 0 radical (unpaired) electrons. The second-order valence-corrected chi connectivity index (χ2v) is 6.07. The SMILES string of the molecule is Cc1ccc(F)cc1NC(=O)N1CCO[C@@]2(CNCCOC2)C1. The number of hydrogen-bond acceptors (Lipinski definition) is 4. The topological polar surface area (TPSA) is 62.8 Å². The van der Waals surface area contributed by atoms with Crippen LogP contribution in [0.1, 0.15) is 5.56 Å². The molecule has 0 bridgehead atoms. The fraction of sp³-hybridized carbons (Fsp3) is 0.562. The number of urea groups is 1. The van der Waals surface area contributed by atoms with Gasteiger partial charge in [0.2, 0.25) is 0 Å². The number of morpholine rings is 1. The molecule has 2 aliphatic rings. The second kappa shape index (κ2) is 6.82. The highest BCUT2D eigenvalue weighted by atomic mass is 19.1. The van der Waals surface area contributed by atoms with E-state index in [4.69, 9.17) is 9.47 Å². The molecular weight excluding hydrogens is 301 g/mol. The predicted octanol–water partition coefficient (Wildman–Crippen LogP) is 1.36. The average molecular weight is 323 g/mol. The van der Waals surface area contributed by atoms with E-state index in [2.05, 4.69) is 10.6 Å². The van der Waals surface area contributed by atoms with E-state index in [1.165, 1.54) is 12.1 Å². The van der Waals surface area contributed by atoms with Gasteiger partial charge in [-0.3, -0.25) is 0 Å². The van der Waals surface area contributed by atoms with Crippen molar-refractivity contribution >= 4 is 11.7 Å². The van der Waals surface area contributed by atoms with E-state index in [0.29, 0.717) is 45.1 Å². The van der Waals surface area contributed by atoms with Crippen LogP contribution >= 0.6 is 0 Å². The van der Waals surface area contributed by atoms with Gasteiger partial charge in [0.25, 0.3) is 0 Å². The molecule has 6 nitrogen and oxygen atoms in total. The Kier molecular flexibility index (Phi) is 4.79. The molecule has 2 amide bonds. The molecule has 0 aliphatic carbocycles. The van der Waals surface area contributed by atoms with E-state index in [1.807, 2.05) is 6.92 Å². The Bertz CT molecular complexity index is 574. The van der Waals surface area contributed by atoms with Gasteiger partial charge in [-0.05, 0) is 24.6 Å². The zero-order valence-electron chi connectivity index (χ0n) is 13.2. The number of aryl methyl sites for hydroxylation is 1. The molecule has 7 heteroatoms. The first-order valence-electron chi connectivity index (χ1n) is 7.83. The number of nitrogens with one attached hydrogen (secondary N) is 2. The Labute approximate surface area is 134 Å². The molecular formula is C16H22FN3O3. The number of nitrogens with zero attached hydrogens (tertiary/aromatic N) is 1. The molecule has 0 saturated carbocycles. The highest BCUT2D eigenvalue weighted by Crippen LogP contribution is 2.22. The van der Waals surface area contributed by atoms with Gasteiger partial charge in [-0.1, -0.05) is 6.07 Å². The Morgan fingerprint density at radius 2 is 2.30 bits per heavy atom. The lowest BCUT2D eigenvalue weighted by atomic mass is 10.0. The molecule has 1 atom stereocenters. The van der Waals surface area contributed by atoms with Gasteiger partial charge in [0.05, 0.1) is 26.4 Å². The first-order chi connectivity index (χ1) is 11.1. The maximum absolute atomic E-state index is 13.4. The van der Waals surface area contributed by atoms with Crippen LogP contribution in [0.5, 0.6) is 0 Å².